The highest BCUT2D eigenvalue weighted by Crippen LogP contribution is 2.60. The van der Waals surface area contributed by atoms with Crippen LogP contribution < -0.4 is 4.74 Å². The molecule has 3 heteroatoms. The topological polar surface area (TPSA) is 38.8 Å². The first-order valence-corrected chi connectivity index (χ1v) is 7.94. The van der Waals surface area contributed by atoms with Gasteiger partial charge in [-0.2, -0.15) is 0 Å². The summed E-state index contributed by atoms with van der Waals surface area (Å²) in [6, 6.07) is 15.7. The third-order valence-corrected chi connectivity index (χ3v) is 5.10. The number of carbonyl (C=O) groups excluding carboxylic acids is 1. The molecule has 1 saturated heterocycles. The van der Waals surface area contributed by atoms with Gasteiger partial charge in [-0.15, -0.1) is 0 Å². The summed E-state index contributed by atoms with van der Waals surface area (Å²) in [5.74, 6) is 0.928. The molecular formula is C20H20O3. The van der Waals surface area contributed by atoms with E-state index in [4.69, 9.17) is 9.47 Å². The number of hydrogen-bond acceptors (Lipinski definition) is 3. The molecule has 0 radical (unpaired) electrons. The predicted molar refractivity (Wildman–Crippen MR) is 88.0 cm³/mol. The van der Waals surface area contributed by atoms with E-state index in [0.717, 1.165) is 22.4 Å². The number of ether oxygens (including phenoxy) is 2. The molecule has 1 heterocycles. The van der Waals surface area contributed by atoms with E-state index in [-0.39, 0.29) is 17.3 Å². The van der Waals surface area contributed by atoms with Gasteiger partial charge in [0.25, 0.3) is 0 Å². The van der Waals surface area contributed by atoms with E-state index in [0.29, 0.717) is 6.42 Å². The van der Waals surface area contributed by atoms with Gasteiger partial charge in [-0.3, -0.25) is 4.79 Å². The summed E-state index contributed by atoms with van der Waals surface area (Å²) >= 11 is 0. The van der Waals surface area contributed by atoms with Gasteiger partial charge in [0.05, 0.1) is 7.11 Å². The Morgan fingerprint density at radius 3 is 2.48 bits per heavy atom. The maximum absolute atomic E-state index is 13.0. The average molecular weight is 308 g/mol. The van der Waals surface area contributed by atoms with Crippen LogP contribution in [0.1, 0.15) is 47.9 Å². The summed E-state index contributed by atoms with van der Waals surface area (Å²) < 4.78 is 11.2. The van der Waals surface area contributed by atoms with Crippen LogP contribution in [-0.2, 0) is 10.2 Å². The lowest BCUT2D eigenvalue weighted by atomic mass is 9.66. The Morgan fingerprint density at radius 2 is 1.78 bits per heavy atom. The van der Waals surface area contributed by atoms with Crippen molar-refractivity contribution in [1.29, 1.82) is 0 Å². The molecule has 2 aromatic carbocycles. The summed E-state index contributed by atoms with van der Waals surface area (Å²) in [6.07, 6.45) is 0.556. The van der Waals surface area contributed by atoms with Crippen molar-refractivity contribution in [2.45, 2.75) is 37.4 Å². The molecule has 1 spiro atoms. The Labute approximate surface area is 136 Å². The summed E-state index contributed by atoms with van der Waals surface area (Å²) in [6.45, 7) is 4.37. The largest absolute Gasteiger partial charge is 0.497 e. The van der Waals surface area contributed by atoms with E-state index in [9.17, 15) is 4.79 Å². The van der Waals surface area contributed by atoms with Gasteiger partial charge in [-0.1, -0.05) is 50.2 Å². The lowest BCUT2D eigenvalue weighted by molar-refractivity contribution is 0.0812. The minimum Gasteiger partial charge on any atom is -0.497 e. The van der Waals surface area contributed by atoms with Gasteiger partial charge in [-0.05, 0) is 35.1 Å². The molecule has 2 atom stereocenters. The smallest absolute Gasteiger partial charge is 0.198 e. The van der Waals surface area contributed by atoms with Gasteiger partial charge in [0.15, 0.2) is 11.4 Å². The zero-order valence-corrected chi connectivity index (χ0v) is 13.6. The summed E-state index contributed by atoms with van der Waals surface area (Å²) in [4.78, 5) is 13.0. The van der Waals surface area contributed by atoms with Gasteiger partial charge in [0, 0.05) is 5.56 Å². The second kappa shape index (κ2) is 4.68. The number of benzene rings is 2. The summed E-state index contributed by atoms with van der Waals surface area (Å²) in [5.41, 5.74) is 2.19. The number of hydrogen-bond donors (Lipinski definition) is 0. The van der Waals surface area contributed by atoms with Gasteiger partial charge >= 0.3 is 0 Å². The molecule has 2 unspecified atom stereocenters. The average Bonchev–Trinajstić information content (AvgIpc) is 3.27. The van der Waals surface area contributed by atoms with Crippen LogP contribution in [0.15, 0.2) is 48.5 Å². The van der Waals surface area contributed by atoms with Crippen LogP contribution >= 0.6 is 0 Å². The Morgan fingerprint density at radius 1 is 1.09 bits per heavy atom. The first-order chi connectivity index (χ1) is 11.0. The van der Waals surface area contributed by atoms with Crippen LogP contribution in [0.5, 0.6) is 5.75 Å². The molecule has 1 aliphatic heterocycles. The summed E-state index contributed by atoms with van der Waals surface area (Å²) in [5, 5.41) is 0. The summed E-state index contributed by atoms with van der Waals surface area (Å²) in [7, 11) is 1.65. The molecule has 3 nitrogen and oxygen atoms in total. The number of methoxy groups -OCH3 is 1. The minimum absolute atomic E-state index is 0.0777. The van der Waals surface area contributed by atoms with Crippen LogP contribution in [-0.4, -0.2) is 18.5 Å². The van der Waals surface area contributed by atoms with Crippen LogP contribution in [0.2, 0.25) is 0 Å². The third kappa shape index (κ3) is 2.03. The van der Waals surface area contributed by atoms with Crippen molar-refractivity contribution in [2.24, 2.45) is 0 Å². The first kappa shape index (κ1) is 14.5. The first-order valence-electron chi connectivity index (χ1n) is 7.94. The Kier molecular flexibility index (Phi) is 2.94. The van der Waals surface area contributed by atoms with Crippen molar-refractivity contribution in [3.05, 3.63) is 65.2 Å². The van der Waals surface area contributed by atoms with Crippen LogP contribution in [0.4, 0.5) is 0 Å². The molecule has 118 valence electrons. The molecule has 2 aromatic rings. The highest BCUT2D eigenvalue weighted by Gasteiger charge is 2.66. The number of fused-ring (bicyclic) bond motifs is 1. The maximum Gasteiger partial charge on any atom is 0.198 e. The van der Waals surface area contributed by atoms with Crippen molar-refractivity contribution in [3.8, 4) is 5.75 Å². The number of epoxide rings is 1. The SMILES string of the molecule is COc1ccc(C2OC23CC(C)(C)c2ccccc2C3=O)cc1. The van der Waals surface area contributed by atoms with Crippen LogP contribution in [0.25, 0.3) is 0 Å². The molecular weight excluding hydrogens is 288 g/mol. The molecule has 0 amide bonds. The Hall–Kier alpha value is -2.13. The van der Waals surface area contributed by atoms with Crippen molar-refractivity contribution in [2.75, 3.05) is 7.11 Å². The van der Waals surface area contributed by atoms with E-state index >= 15 is 0 Å². The van der Waals surface area contributed by atoms with E-state index in [2.05, 4.69) is 19.9 Å². The molecule has 1 fully saturated rings. The number of carbonyl (C=O) groups is 1. The molecule has 0 bridgehead atoms. The fraction of sp³-hybridized carbons (Fsp3) is 0.350. The lowest BCUT2D eigenvalue weighted by Gasteiger charge is -2.35. The highest BCUT2D eigenvalue weighted by atomic mass is 16.6. The van der Waals surface area contributed by atoms with Crippen molar-refractivity contribution in [3.63, 3.8) is 0 Å². The molecule has 2 aliphatic rings. The maximum atomic E-state index is 13.0. The Balaban J connectivity index is 1.72. The molecule has 0 N–H and O–H groups in total. The van der Waals surface area contributed by atoms with Gasteiger partial charge < -0.3 is 9.47 Å². The minimum atomic E-state index is -0.702. The highest BCUT2D eigenvalue weighted by molar-refractivity contribution is 6.07. The van der Waals surface area contributed by atoms with E-state index in [1.54, 1.807) is 7.11 Å². The monoisotopic (exact) mass is 308 g/mol. The molecule has 4 rings (SSSR count). The van der Waals surface area contributed by atoms with Gasteiger partial charge in [0.2, 0.25) is 0 Å². The quantitative estimate of drug-likeness (QED) is 0.785. The van der Waals surface area contributed by atoms with E-state index < -0.39 is 5.60 Å². The Bertz CT molecular complexity index is 776. The van der Waals surface area contributed by atoms with Gasteiger partial charge in [-0.25, -0.2) is 0 Å². The van der Waals surface area contributed by atoms with Crippen molar-refractivity contribution in [1.82, 2.24) is 0 Å². The standard InChI is InChI=1S/C20H20O3/c1-19(2)12-20(17(21)15-6-4-5-7-16(15)19)18(23-20)13-8-10-14(22-3)11-9-13/h4-11,18H,12H2,1-3H3. The fourth-order valence-corrected chi connectivity index (χ4v) is 3.93. The molecule has 0 aromatic heterocycles. The fourth-order valence-electron chi connectivity index (χ4n) is 3.93. The van der Waals surface area contributed by atoms with E-state index in [1.165, 1.54) is 0 Å². The second-order valence-corrected chi connectivity index (χ2v) is 7.10. The zero-order valence-electron chi connectivity index (χ0n) is 13.6. The molecule has 23 heavy (non-hydrogen) atoms. The number of Topliss-reactive ketones (excluding diaryl/α,β-unsaturated/α-hetero) is 1. The molecule has 1 aliphatic carbocycles. The zero-order chi connectivity index (χ0) is 16.2. The normalized spacial score (nSPS) is 27.6. The van der Waals surface area contributed by atoms with Crippen molar-refractivity contribution < 1.29 is 14.3 Å². The van der Waals surface area contributed by atoms with Crippen molar-refractivity contribution >= 4 is 5.78 Å². The van der Waals surface area contributed by atoms with Crippen LogP contribution in [0, 0.1) is 0 Å². The predicted octanol–water partition coefficient (Wildman–Crippen LogP) is 4.07. The number of ketones is 1. The van der Waals surface area contributed by atoms with Crippen LogP contribution in [0.3, 0.4) is 0 Å². The van der Waals surface area contributed by atoms with Gasteiger partial charge in [0.1, 0.15) is 11.9 Å². The van der Waals surface area contributed by atoms with E-state index in [1.807, 2.05) is 42.5 Å². The lowest BCUT2D eigenvalue weighted by Crippen LogP contribution is -2.40. The second-order valence-electron chi connectivity index (χ2n) is 7.10. The third-order valence-electron chi connectivity index (χ3n) is 5.10. The molecule has 0 saturated carbocycles. The number of rotatable bonds is 2.